The zero-order valence-corrected chi connectivity index (χ0v) is 17.2. The summed E-state index contributed by atoms with van der Waals surface area (Å²) in [5.41, 5.74) is 5.45. The number of alkyl halides is 3. The van der Waals surface area contributed by atoms with Crippen LogP contribution < -0.4 is 10.5 Å². The molecule has 0 radical (unpaired) electrons. The number of benzene rings is 1. The third-order valence-corrected chi connectivity index (χ3v) is 7.12. The Kier molecular flexibility index (Phi) is 8.33. The molecule has 1 fully saturated rings. The van der Waals surface area contributed by atoms with Gasteiger partial charge in [-0.15, -0.1) is 0 Å². The summed E-state index contributed by atoms with van der Waals surface area (Å²) in [7, 11) is -3.83. The summed E-state index contributed by atoms with van der Waals surface area (Å²) in [6, 6.07) is 3.55. The summed E-state index contributed by atoms with van der Waals surface area (Å²) < 4.78 is 65.5. The van der Waals surface area contributed by atoms with Crippen LogP contribution in [0.15, 0.2) is 29.2 Å². The molecule has 0 amide bonds. The molecular weight excluding hydrogens is 389 g/mol. The molecule has 0 heterocycles. The highest BCUT2D eigenvalue weighted by Crippen LogP contribution is 2.31. The van der Waals surface area contributed by atoms with E-state index < -0.39 is 21.8 Å². The standard InChI is InChI=1S/C20H31F3N2O2S/c1-2-3-4-5-6-19(24)15-7-11-17(12-8-15)25-28(26,27)18-13-9-16(10-14-18)20(21,22)23/h9-10,13-15,17,19,25H,2-8,11-12,24H2,1H3. The maximum absolute atomic E-state index is 12.6. The van der Waals surface area contributed by atoms with Crippen molar-refractivity contribution in [2.75, 3.05) is 0 Å². The van der Waals surface area contributed by atoms with Crippen molar-refractivity contribution in [3.63, 3.8) is 0 Å². The van der Waals surface area contributed by atoms with Crippen LogP contribution in [0.2, 0.25) is 0 Å². The van der Waals surface area contributed by atoms with Gasteiger partial charge in [-0.2, -0.15) is 13.2 Å². The van der Waals surface area contributed by atoms with E-state index in [0.717, 1.165) is 49.9 Å². The lowest BCUT2D eigenvalue weighted by Gasteiger charge is -2.32. The Labute approximate surface area is 166 Å². The Morgan fingerprint density at radius 3 is 2.21 bits per heavy atom. The Morgan fingerprint density at radius 1 is 1.07 bits per heavy atom. The monoisotopic (exact) mass is 420 g/mol. The molecule has 2 rings (SSSR count). The van der Waals surface area contributed by atoms with Gasteiger partial charge in [0.2, 0.25) is 10.0 Å². The molecular formula is C20H31F3N2O2S. The first-order valence-corrected chi connectivity index (χ1v) is 11.6. The van der Waals surface area contributed by atoms with Gasteiger partial charge in [0.05, 0.1) is 10.5 Å². The summed E-state index contributed by atoms with van der Waals surface area (Å²) in [6.45, 7) is 2.17. The molecule has 160 valence electrons. The molecule has 1 atom stereocenters. The number of rotatable bonds is 9. The van der Waals surface area contributed by atoms with Gasteiger partial charge in [0, 0.05) is 12.1 Å². The molecule has 0 aliphatic heterocycles. The summed E-state index contributed by atoms with van der Waals surface area (Å²) in [5, 5.41) is 0. The van der Waals surface area contributed by atoms with E-state index in [-0.39, 0.29) is 17.0 Å². The quantitative estimate of drug-likeness (QED) is 0.562. The molecule has 0 bridgehead atoms. The first kappa shape index (κ1) is 23.2. The smallest absolute Gasteiger partial charge is 0.327 e. The average molecular weight is 421 g/mol. The molecule has 28 heavy (non-hydrogen) atoms. The number of nitrogens with one attached hydrogen (secondary N) is 1. The van der Waals surface area contributed by atoms with Gasteiger partial charge in [0.15, 0.2) is 0 Å². The minimum atomic E-state index is -4.48. The van der Waals surface area contributed by atoms with Crippen LogP contribution >= 0.6 is 0 Å². The first-order chi connectivity index (χ1) is 13.1. The van der Waals surface area contributed by atoms with Crippen LogP contribution in [0, 0.1) is 5.92 Å². The van der Waals surface area contributed by atoms with Gasteiger partial charge in [0.1, 0.15) is 0 Å². The van der Waals surface area contributed by atoms with Crippen LogP contribution in [-0.2, 0) is 16.2 Å². The fourth-order valence-corrected chi connectivity index (χ4v) is 5.12. The largest absolute Gasteiger partial charge is 0.416 e. The zero-order chi connectivity index (χ0) is 20.8. The number of hydrogen-bond acceptors (Lipinski definition) is 3. The molecule has 1 aromatic rings. The second kappa shape index (κ2) is 10.1. The van der Waals surface area contributed by atoms with Gasteiger partial charge >= 0.3 is 6.18 Å². The van der Waals surface area contributed by atoms with E-state index in [9.17, 15) is 21.6 Å². The first-order valence-electron chi connectivity index (χ1n) is 10.1. The van der Waals surface area contributed by atoms with Crippen LogP contribution in [0.5, 0.6) is 0 Å². The normalized spacial score (nSPS) is 22.2. The number of sulfonamides is 1. The van der Waals surface area contributed by atoms with E-state index in [1.165, 1.54) is 19.3 Å². The van der Waals surface area contributed by atoms with Crippen LogP contribution in [0.3, 0.4) is 0 Å². The lowest BCUT2D eigenvalue weighted by Crippen LogP contribution is -2.41. The summed E-state index contributed by atoms with van der Waals surface area (Å²) in [4.78, 5) is -0.143. The molecule has 1 aliphatic carbocycles. The van der Waals surface area contributed by atoms with E-state index in [4.69, 9.17) is 5.73 Å². The van der Waals surface area contributed by atoms with Crippen molar-refractivity contribution in [1.82, 2.24) is 4.72 Å². The Morgan fingerprint density at radius 2 is 1.68 bits per heavy atom. The Balaban J connectivity index is 1.84. The van der Waals surface area contributed by atoms with Crippen molar-refractivity contribution >= 4 is 10.0 Å². The van der Waals surface area contributed by atoms with Crippen LogP contribution in [0.1, 0.15) is 70.3 Å². The minimum absolute atomic E-state index is 0.143. The Hall–Kier alpha value is -1.12. The summed E-state index contributed by atoms with van der Waals surface area (Å²) >= 11 is 0. The second-order valence-corrected chi connectivity index (χ2v) is 9.48. The number of nitrogens with two attached hydrogens (primary N) is 1. The van der Waals surface area contributed by atoms with Crippen LogP contribution in [-0.4, -0.2) is 20.5 Å². The molecule has 1 saturated carbocycles. The van der Waals surface area contributed by atoms with Crippen molar-refractivity contribution in [1.29, 1.82) is 0 Å². The molecule has 0 saturated heterocycles. The lowest BCUT2D eigenvalue weighted by atomic mass is 9.80. The van der Waals surface area contributed by atoms with Gasteiger partial charge in [-0.05, 0) is 62.3 Å². The van der Waals surface area contributed by atoms with E-state index in [0.29, 0.717) is 18.8 Å². The van der Waals surface area contributed by atoms with Crippen molar-refractivity contribution < 1.29 is 21.6 Å². The molecule has 0 aromatic heterocycles. The van der Waals surface area contributed by atoms with Gasteiger partial charge in [-0.25, -0.2) is 13.1 Å². The molecule has 1 unspecified atom stereocenters. The second-order valence-electron chi connectivity index (χ2n) is 7.77. The highest BCUT2D eigenvalue weighted by atomic mass is 32.2. The minimum Gasteiger partial charge on any atom is -0.327 e. The molecule has 1 aromatic carbocycles. The topological polar surface area (TPSA) is 72.2 Å². The predicted molar refractivity (Wildman–Crippen MR) is 104 cm³/mol. The van der Waals surface area contributed by atoms with Crippen LogP contribution in [0.25, 0.3) is 0 Å². The summed E-state index contributed by atoms with van der Waals surface area (Å²) in [5.74, 6) is 0.411. The number of hydrogen-bond donors (Lipinski definition) is 2. The van der Waals surface area contributed by atoms with Crippen LogP contribution in [0.4, 0.5) is 13.2 Å². The van der Waals surface area contributed by atoms with E-state index >= 15 is 0 Å². The van der Waals surface area contributed by atoms with Gasteiger partial charge in [-0.1, -0.05) is 32.6 Å². The van der Waals surface area contributed by atoms with Crippen molar-refractivity contribution in [2.24, 2.45) is 11.7 Å². The maximum atomic E-state index is 12.6. The fourth-order valence-electron chi connectivity index (χ4n) is 3.82. The summed E-state index contributed by atoms with van der Waals surface area (Å²) in [6.07, 6.45) is 4.42. The van der Waals surface area contributed by atoms with Gasteiger partial charge in [0.25, 0.3) is 0 Å². The third kappa shape index (κ3) is 6.74. The average Bonchev–Trinajstić information content (AvgIpc) is 2.65. The molecule has 0 spiro atoms. The SMILES string of the molecule is CCCCCCC(N)C1CCC(NS(=O)(=O)c2ccc(C(F)(F)F)cc2)CC1. The van der Waals surface area contributed by atoms with Crippen molar-refractivity contribution in [2.45, 2.75) is 87.9 Å². The van der Waals surface area contributed by atoms with Crippen molar-refractivity contribution in [3.05, 3.63) is 29.8 Å². The van der Waals surface area contributed by atoms with E-state index in [1.807, 2.05) is 0 Å². The van der Waals surface area contributed by atoms with Gasteiger partial charge < -0.3 is 5.73 Å². The van der Waals surface area contributed by atoms with Gasteiger partial charge in [-0.3, -0.25) is 0 Å². The zero-order valence-electron chi connectivity index (χ0n) is 16.3. The molecule has 4 nitrogen and oxygen atoms in total. The molecule has 3 N–H and O–H groups in total. The maximum Gasteiger partial charge on any atom is 0.416 e. The predicted octanol–water partition coefficient (Wildman–Crippen LogP) is 4.84. The highest BCUT2D eigenvalue weighted by molar-refractivity contribution is 7.89. The third-order valence-electron chi connectivity index (χ3n) is 5.58. The highest BCUT2D eigenvalue weighted by Gasteiger charge is 2.31. The number of halogens is 3. The lowest BCUT2D eigenvalue weighted by molar-refractivity contribution is -0.137. The fraction of sp³-hybridized carbons (Fsp3) is 0.700. The van der Waals surface area contributed by atoms with E-state index in [2.05, 4.69) is 11.6 Å². The van der Waals surface area contributed by atoms with E-state index in [1.54, 1.807) is 0 Å². The molecule has 1 aliphatic rings. The molecule has 8 heteroatoms. The number of unbranched alkanes of at least 4 members (excludes halogenated alkanes) is 3. The Bertz CT molecular complexity index is 697. The van der Waals surface area contributed by atoms with Crippen molar-refractivity contribution in [3.8, 4) is 0 Å².